The predicted molar refractivity (Wildman–Crippen MR) is 64.2 cm³/mol. The van der Waals surface area contributed by atoms with Gasteiger partial charge in [-0.1, -0.05) is 6.07 Å². The zero-order valence-corrected chi connectivity index (χ0v) is 10.5. The Hall–Kier alpha value is -1.51. The predicted octanol–water partition coefficient (Wildman–Crippen LogP) is 2.79. The Labute approximate surface area is 111 Å². The molecule has 0 bridgehead atoms. The Bertz CT molecular complexity index is 515. The second kappa shape index (κ2) is 6.09. The van der Waals surface area contributed by atoms with E-state index in [1.807, 2.05) is 12.1 Å². The van der Waals surface area contributed by atoms with Crippen LogP contribution in [0.15, 0.2) is 29.8 Å². The molecule has 0 atom stereocenters. The van der Waals surface area contributed by atoms with E-state index in [0.29, 0.717) is 10.7 Å². The van der Waals surface area contributed by atoms with Gasteiger partial charge in [0.05, 0.1) is 17.9 Å². The molecule has 0 fully saturated rings. The van der Waals surface area contributed by atoms with Crippen LogP contribution in [0.2, 0.25) is 0 Å². The van der Waals surface area contributed by atoms with Gasteiger partial charge in [0.25, 0.3) is 0 Å². The third kappa shape index (κ3) is 4.58. The Kier molecular flexibility index (Phi) is 4.46. The average Bonchev–Trinajstić information content (AvgIpc) is 2.83. The van der Waals surface area contributed by atoms with Gasteiger partial charge in [0, 0.05) is 11.6 Å². The largest absolute Gasteiger partial charge is 0.413 e. The maximum Gasteiger partial charge on any atom is 0.413 e. The Morgan fingerprint density at radius 1 is 1.32 bits per heavy atom. The lowest BCUT2D eigenvalue weighted by Gasteiger charge is -2.06. The molecular formula is C11H10F3N3OS. The maximum absolute atomic E-state index is 11.8. The molecule has 0 aliphatic heterocycles. The van der Waals surface area contributed by atoms with Crippen LogP contribution in [0, 0.1) is 0 Å². The summed E-state index contributed by atoms with van der Waals surface area (Å²) in [4.78, 5) is 12.7. The fourth-order valence-corrected chi connectivity index (χ4v) is 2.05. The SMILES string of the molecule is FC(F)(F)CONCc1csc(-c2ccccn2)n1. The molecule has 0 unspecified atom stereocenters. The molecule has 0 amide bonds. The van der Waals surface area contributed by atoms with E-state index in [0.717, 1.165) is 5.69 Å². The van der Waals surface area contributed by atoms with Gasteiger partial charge in [-0.25, -0.2) is 4.98 Å². The number of hydrogen-bond acceptors (Lipinski definition) is 5. The highest BCUT2D eigenvalue weighted by Gasteiger charge is 2.27. The summed E-state index contributed by atoms with van der Waals surface area (Å²) in [6.07, 6.45) is -2.69. The van der Waals surface area contributed by atoms with Crippen molar-refractivity contribution in [2.45, 2.75) is 12.7 Å². The minimum absolute atomic E-state index is 0.111. The van der Waals surface area contributed by atoms with Crippen LogP contribution in [0.4, 0.5) is 13.2 Å². The molecule has 19 heavy (non-hydrogen) atoms. The van der Waals surface area contributed by atoms with Crippen LogP contribution in [0.25, 0.3) is 10.7 Å². The number of nitrogens with zero attached hydrogens (tertiary/aromatic N) is 2. The molecule has 2 heterocycles. The van der Waals surface area contributed by atoms with E-state index >= 15 is 0 Å². The molecule has 4 nitrogen and oxygen atoms in total. The van der Waals surface area contributed by atoms with Gasteiger partial charge in [-0.3, -0.25) is 9.82 Å². The summed E-state index contributed by atoms with van der Waals surface area (Å²) in [6.45, 7) is -1.22. The molecule has 0 spiro atoms. The van der Waals surface area contributed by atoms with Crippen molar-refractivity contribution >= 4 is 11.3 Å². The molecule has 2 aromatic heterocycles. The lowest BCUT2D eigenvalue weighted by molar-refractivity contribution is -0.190. The Balaban J connectivity index is 1.85. The molecular weight excluding hydrogens is 279 g/mol. The quantitative estimate of drug-likeness (QED) is 0.679. The van der Waals surface area contributed by atoms with E-state index in [1.165, 1.54) is 11.3 Å². The highest BCUT2D eigenvalue weighted by molar-refractivity contribution is 7.13. The fourth-order valence-electron chi connectivity index (χ4n) is 1.25. The molecule has 2 rings (SSSR count). The smallest absolute Gasteiger partial charge is 0.292 e. The van der Waals surface area contributed by atoms with Gasteiger partial charge in [0.2, 0.25) is 0 Å². The van der Waals surface area contributed by atoms with Crippen molar-refractivity contribution in [3.8, 4) is 10.7 Å². The number of hydrogen-bond donors (Lipinski definition) is 1. The molecule has 0 aliphatic rings. The number of halogens is 3. The van der Waals surface area contributed by atoms with Gasteiger partial charge in [0.15, 0.2) is 6.61 Å². The summed E-state index contributed by atoms with van der Waals surface area (Å²) in [5.41, 5.74) is 3.56. The van der Waals surface area contributed by atoms with E-state index in [9.17, 15) is 13.2 Å². The van der Waals surface area contributed by atoms with Crippen molar-refractivity contribution in [2.75, 3.05) is 6.61 Å². The van der Waals surface area contributed by atoms with Gasteiger partial charge >= 0.3 is 6.18 Å². The third-order valence-electron chi connectivity index (χ3n) is 2.03. The number of hydroxylamine groups is 1. The zero-order chi connectivity index (χ0) is 13.7. The van der Waals surface area contributed by atoms with Crippen LogP contribution in [0.1, 0.15) is 5.69 Å². The number of rotatable bonds is 5. The summed E-state index contributed by atoms with van der Waals surface area (Å²) in [5, 5.41) is 2.46. The average molecular weight is 289 g/mol. The van der Waals surface area contributed by atoms with Crippen LogP contribution in [-0.2, 0) is 11.4 Å². The molecule has 2 aromatic rings. The zero-order valence-electron chi connectivity index (χ0n) is 9.65. The summed E-state index contributed by atoms with van der Waals surface area (Å²) in [5.74, 6) is 0. The van der Waals surface area contributed by atoms with Crippen molar-refractivity contribution < 1.29 is 18.0 Å². The normalized spacial score (nSPS) is 11.7. The third-order valence-corrected chi connectivity index (χ3v) is 2.94. The van der Waals surface area contributed by atoms with E-state index in [1.54, 1.807) is 17.6 Å². The number of pyridine rings is 1. The first kappa shape index (κ1) is 13.9. The highest BCUT2D eigenvalue weighted by Crippen LogP contribution is 2.21. The van der Waals surface area contributed by atoms with E-state index in [4.69, 9.17) is 0 Å². The summed E-state index contributed by atoms with van der Waals surface area (Å²) in [7, 11) is 0. The molecule has 0 aliphatic carbocycles. The van der Waals surface area contributed by atoms with E-state index in [-0.39, 0.29) is 6.54 Å². The van der Waals surface area contributed by atoms with Crippen LogP contribution >= 0.6 is 11.3 Å². The summed E-state index contributed by atoms with van der Waals surface area (Å²) in [6, 6.07) is 5.45. The van der Waals surface area contributed by atoms with Crippen molar-refractivity contribution in [1.29, 1.82) is 0 Å². The second-order valence-corrected chi connectivity index (χ2v) is 4.44. The van der Waals surface area contributed by atoms with Crippen molar-refractivity contribution in [1.82, 2.24) is 15.4 Å². The molecule has 0 radical (unpaired) electrons. The topological polar surface area (TPSA) is 47.0 Å². The molecule has 0 saturated carbocycles. The molecule has 8 heteroatoms. The van der Waals surface area contributed by atoms with Crippen LogP contribution in [0.5, 0.6) is 0 Å². The number of nitrogens with one attached hydrogen (secondary N) is 1. The molecule has 0 saturated heterocycles. The first-order chi connectivity index (χ1) is 9.04. The van der Waals surface area contributed by atoms with Crippen LogP contribution < -0.4 is 5.48 Å². The first-order valence-corrected chi connectivity index (χ1v) is 6.20. The van der Waals surface area contributed by atoms with Gasteiger partial charge < -0.3 is 0 Å². The highest BCUT2D eigenvalue weighted by atomic mass is 32.1. The van der Waals surface area contributed by atoms with Gasteiger partial charge in [-0.05, 0) is 12.1 Å². The molecule has 1 N–H and O–H groups in total. The fraction of sp³-hybridized carbons (Fsp3) is 0.273. The Morgan fingerprint density at radius 2 is 2.16 bits per heavy atom. The second-order valence-electron chi connectivity index (χ2n) is 3.58. The monoisotopic (exact) mass is 289 g/mol. The van der Waals surface area contributed by atoms with Crippen LogP contribution in [-0.4, -0.2) is 22.8 Å². The van der Waals surface area contributed by atoms with Gasteiger partial charge in [-0.2, -0.15) is 18.7 Å². The maximum atomic E-state index is 11.8. The standard InChI is InChI=1S/C11H10F3N3OS/c12-11(13,14)7-18-16-5-8-6-19-10(17-8)9-3-1-2-4-15-9/h1-4,6,16H,5,7H2. The van der Waals surface area contributed by atoms with Crippen LogP contribution in [0.3, 0.4) is 0 Å². The van der Waals surface area contributed by atoms with Crippen molar-refractivity contribution in [2.24, 2.45) is 0 Å². The number of aromatic nitrogens is 2. The lowest BCUT2D eigenvalue weighted by Crippen LogP contribution is -2.24. The van der Waals surface area contributed by atoms with E-state index < -0.39 is 12.8 Å². The van der Waals surface area contributed by atoms with Crippen molar-refractivity contribution in [3.63, 3.8) is 0 Å². The van der Waals surface area contributed by atoms with Gasteiger partial charge in [0.1, 0.15) is 5.01 Å². The van der Waals surface area contributed by atoms with Crippen molar-refractivity contribution in [3.05, 3.63) is 35.5 Å². The lowest BCUT2D eigenvalue weighted by atomic mass is 10.4. The minimum atomic E-state index is -4.34. The molecule has 0 aromatic carbocycles. The van der Waals surface area contributed by atoms with Gasteiger partial charge in [-0.15, -0.1) is 11.3 Å². The number of thiazole rings is 1. The van der Waals surface area contributed by atoms with E-state index in [2.05, 4.69) is 20.3 Å². The minimum Gasteiger partial charge on any atom is -0.292 e. The Morgan fingerprint density at radius 3 is 2.84 bits per heavy atom. The summed E-state index contributed by atoms with van der Waals surface area (Å²) >= 11 is 1.37. The first-order valence-electron chi connectivity index (χ1n) is 5.32. The molecule has 102 valence electrons. The summed E-state index contributed by atoms with van der Waals surface area (Å²) < 4.78 is 35.5. The number of alkyl halides is 3.